The molecule has 0 unspecified atom stereocenters. The summed E-state index contributed by atoms with van der Waals surface area (Å²) in [6.45, 7) is 7.84. The van der Waals surface area contributed by atoms with Gasteiger partial charge in [-0.2, -0.15) is 5.10 Å². The SMILES string of the molecule is Cn1cc2c(N3CC[C@H](N(CC45CC(CO4)C5)C(=O)OC(C)(C)C)C3)cc(F)c(C(=O)O)c2n1. The first-order valence-electron chi connectivity index (χ1n) is 11.7. The Bertz CT molecular complexity index is 1140. The third kappa shape index (κ3) is 3.97. The van der Waals surface area contributed by atoms with Crippen molar-refractivity contribution in [3.05, 3.63) is 23.6 Å². The van der Waals surface area contributed by atoms with Crippen LogP contribution in [-0.4, -0.2) is 75.3 Å². The number of carbonyl (C=O) groups is 2. The number of halogens is 1. The smallest absolute Gasteiger partial charge is 0.410 e. The maximum Gasteiger partial charge on any atom is 0.410 e. The highest BCUT2D eigenvalue weighted by molar-refractivity contribution is 6.06. The van der Waals surface area contributed by atoms with Gasteiger partial charge in [-0.05, 0) is 52.0 Å². The van der Waals surface area contributed by atoms with Gasteiger partial charge in [0, 0.05) is 31.7 Å². The van der Waals surface area contributed by atoms with Crippen molar-refractivity contribution in [2.24, 2.45) is 13.0 Å². The molecule has 2 bridgehead atoms. The van der Waals surface area contributed by atoms with Crippen LogP contribution in [0, 0.1) is 11.7 Å². The van der Waals surface area contributed by atoms with E-state index in [-0.39, 0.29) is 23.3 Å². The first kappa shape index (κ1) is 22.9. The number of aryl methyl sites for hydroxylation is 1. The Morgan fingerprint density at radius 3 is 2.74 bits per heavy atom. The Morgan fingerprint density at radius 2 is 2.12 bits per heavy atom. The molecular formula is C24H31FN4O5. The second kappa shape index (κ2) is 7.83. The molecule has 1 aromatic carbocycles. The third-order valence-corrected chi connectivity index (χ3v) is 7.04. The van der Waals surface area contributed by atoms with Crippen LogP contribution in [0.25, 0.3) is 10.9 Å². The molecule has 1 aromatic heterocycles. The van der Waals surface area contributed by atoms with Gasteiger partial charge in [0.2, 0.25) is 0 Å². The lowest BCUT2D eigenvalue weighted by Crippen LogP contribution is -2.54. The van der Waals surface area contributed by atoms with Gasteiger partial charge in [-0.3, -0.25) is 4.68 Å². The summed E-state index contributed by atoms with van der Waals surface area (Å²) in [5.74, 6) is -1.59. The molecule has 3 aliphatic heterocycles. The zero-order valence-electron chi connectivity index (χ0n) is 20.0. The predicted molar refractivity (Wildman–Crippen MR) is 123 cm³/mol. The van der Waals surface area contributed by atoms with Crippen LogP contribution < -0.4 is 4.90 Å². The van der Waals surface area contributed by atoms with Crippen molar-refractivity contribution in [3.8, 4) is 0 Å². The molecule has 1 aliphatic carbocycles. The Balaban J connectivity index is 1.43. The van der Waals surface area contributed by atoms with E-state index < -0.39 is 23.0 Å². The maximum absolute atomic E-state index is 14.8. The molecule has 1 amide bonds. The molecular weight excluding hydrogens is 443 g/mol. The molecule has 3 saturated heterocycles. The number of nitrogens with zero attached hydrogens (tertiary/aromatic N) is 4. The zero-order chi connectivity index (χ0) is 24.4. The summed E-state index contributed by atoms with van der Waals surface area (Å²) in [6, 6.07) is 1.13. The number of aromatic nitrogens is 2. The molecule has 184 valence electrons. The average molecular weight is 475 g/mol. The molecule has 9 nitrogen and oxygen atoms in total. The van der Waals surface area contributed by atoms with Crippen LogP contribution in [0.4, 0.5) is 14.9 Å². The van der Waals surface area contributed by atoms with Gasteiger partial charge < -0.3 is 24.4 Å². The number of carboxylic acid groups (broad SMARTS) is 1. The minimum Gasteiger partial charge on any atom is -0.478 e. The number of carboxylic acids is 1. The first-order valence-corrected chi connectivity index (χ1v) is 11.7. The van der Waals surface area contributed by atoms with E-state index in [4.69, 9.17) is 9.47 Å². The van der Waals surface area contributed by atoms with Gasteiger partial charge in [0.15, 0.2) is 0 Å². The monoisotopic (exact) mass is 474 g/mol. The van der Waals surface area contributed by atoms with Crippen molar-refractivity contribution < 1.29 is 28.6 Å². The van der Waals surface area contributed by atoms with E-state index in [2.05, 4.69) is 5.10 Å². The van der Waals surface area contributed by atoms with E-state index in [9.17, 15) is 19.1 Å². The van der Waals surface area contributed by atoms with E-state index in [1.807, 2.05) is 25.7 Å². The predicted octanol–water partition coefficient (Wildman–Crippen LogP) is 3.41. The highest BCUT2D eigenvalue weighted by atomic mass is 19.1. The molecule has 2 aromatic rings. The number of hydrogen-bond donors (Lipinski definition) is 1. The fraction of sp³-hybridized carbons (Fsp3) is 0.625. The highest BCUT2D eigenvalue weighted by Crippen LogP contribution is 2.49. The van der Waals surface area contributed by atoms with Crippen molar-refractivity contribution >= 4 is 28.7 Å². The summed E-state index contributed by atoms with van der Waals surface area (Å²) in [6.07, 6.45) is 3.94. The molecule has 6 rings (SSSR count). The van der Waals surface area contributed by atoms with Gasteiger partial charge in [0.25, 0.3) is 0 Å². The topological polar surface area (TPSA) is 97.1 Å². The molecule has 0 spiro atoms. The van der Waals surface area contributed by atoms with E-state index in [0.29, 0.717) is 43.0 Å². The van der Waals surface area contributed by atoms with Crippen molar-refractivity contribution in [1.29, 1.82) is 0 Å². The number of rotatable bonds is 5. The Kier molecular flexibility index (Phi) is 5.27. The number of fused-ring (bicyclic) bond motifs is 2. The van der Waals surface area contributed by atoms with Gasteiger partial charge >= 0.3 is 12.1 Å². The summed E-state index contributed by atoms with van der Waals surface area (Å²) in [4.78, 5) is 28.6. The minimum atomic E-state index is -1.35. The van der Waals surface area contributed by atoms with E-state index in [1.54, 1.807) is 18.1 Å². The normalized spacial score (nSPS) is 26.1. The number of hydrogen-bond acceptors (Lipinski definition) is 6. The minimum absolute atomic E-state index is 0.121. The Labute approximate surface area is 197 Å². The fourth-order valence-corrected chi connectivity index (χ4v) is 5.59. The largest absolute Gasteiger partial charge is 0.478 e. The summed E-state index contributed by atoms with van der Waals surface area (Å²) in [5.41, 5.74) is -0.641. The highest BCUT2D eigenvalue weighted by Gasteiger charge is 2.54. The number of anilines is 1. The summed E-state index contributed by atoms with van der Waals surface area (Å²) in [5, 5.41) is 14.3. The van der Waals surface area contributed by atoms with E-state index in [1.165, 1.54) is 10.7 Å². The molecule has 1 atom stereocenters. The van der Waals surface area contributed by atoms with Crippen LogP contribution in [0.15, 0.2) is 12.3 Å². The van der Waals surface area contributed by atoms with Gasteiger partial charge in [-0.25, -0.2) is 14.0 Å². The molecule has 4 heterocycles. The number of benzene rings is 1. The van der Waals surface area contributed by atoms with E-state index >= 15 is 0 Å². The molecule has 10 heteroatoms. The van der Waals surface area contributed by atoms with Crippen LogP contribution in [0.5, 0.6) is 0 Å². The third-order valence-electron chi connectivity index (χ3n) is 7.04. The number of ether oxygens (including phenoxy) is 2. The quantitative estimate of drug-likeness (QED) is 0.709. The van der Waals surface area contributed by atoms with Gasteiger partial charge in [0.05, 0.1) is 30.5 Å². The van der Waals surface area contributed by atoms with Crippen molar-refractivity contribution in [2.75, 3.05) is 31.1 Å². The fourth-order valence-electron chi connectivity index (χ4n) is 5.59. The average Bonchev–Trinajstić information content (AvgIpc) is 3.46. The first-order chi connectivity index (χ1) is 15.9. The van der Waals surface area contributed by atoms with Crippen molar-refractivity contribution in [3.63, 3.8) is 0 Å². The Hall–Kier alpha value is -2.88. The van der Waals surface area contributed by atoms with Crippen molar-refractivity contribution in [2.45, 2.75) is 57.3 Å². The summed E-state index contributed by atoms with van der Waals surface area (Å²) < 4.78 is 28.1. The molecule has 1 saturated carbocycles. The van der Waals surface area contributed by atoms with Crippen LogP contribution in [0.3, 0.4) is 0 Å². The van der Waals surface area contributed by atoms with Crippen LogP contribution in [0.2, 0.25) is 0 Å². The molecule has 0 radical (unpaired) electrons. The standard InChI is InChI=1S/C24H31FN4O5/c1-23(2,3)34-22(32)29(13-24-8-14(9-24)12-33-24)15-5-6-28(10-15)18-7-17(25)19(21(30)31)20-16(18)11-27(4)26-20/h7,11,14-15H,5-6,8-10,12-13H2,1-4H3,(H,30,31)/t14?,15-,24?/m0/s1. The molecule has 34 heavy (non-hydrogen) atoms. The maximum atomic E-state index is 14.8. The lowest BCUT2D eigenvalue weighted by molar-refractivity contribution is -0.0458. The van der Waals surface area contributed by atoms with E-state index in [0.717, 1.165) is 19.4 Å². The number of carbonyl (C=O) groups excluding carboxylic acids is 1. The molecule has 4 aliphatic rings. The van der Waals surface area contributed by atoms with Gasteiger partial charge in [-0.15, -0.1) is 0 Å². The summed E-state index contributed by atoms with van der Waals surface area (Å²) >= 11 is 0. The van der Waals surface area contributed by atoms with Crippen LogP contribution in [0.1, 0.15) is 50.4 Å². The lowest BCUT2D eigenvalue weighted by atomic mass is 9.74. The summed E-state index contributed by atoms with van der Waals surface area (Å²) in [7, 11) is 1.68. The number of amides is 1. The molecule has 4 fully saturated rings. The lowest BCUT2D eigenvalue weighted by Gasteiger charge is -2.42. The Morgan fingerprint density at radius 1 is 1.38 bits per heavy atom. The van der Waals surface area contributed by atoms with Crippen LogP contribution in [-0.2, 0) is 16.5 Å². The second-order valence-electron chi connectivity index (χ2n) is 10.9. The zero-order valence-corrected chi connectivity index (χ0v) is 20.0. The van der Waals surface area contributed by atoms with Crippen LogP contribution >= 0.6 is 0 Å². The number of aromatic carboxylic acids is 1. The second-order valence-corrected chi connectivity index (χ2v) is 10.9. The van der Waals surface area contributed by atoms with Gasteiger partial charge in [0.1, 0.15) is 22.5 Å². The van der Waals surface area contributed by atoms with Crippen molar-refractivity contribution in [1.82, 2.24) is 14.7 Å². The molecule has 1 N–H and O–H groups in total. The van der Waals surface area contributed by atoms with Gasteiger partial charge in [-0.1, -0.05) is 0 Å².